The van der Waals surface area contributed by atoms with Gasteiger partial charge in [0.2, 0.25) is 11.8 Å². The fourth-order valence-electron chi connectivity index (χ4n) is 6.43. The predicted molar refractivity (Wildman–Crippen MR) is 185 cm³/mol. The third-order valence-corrected chi connectivity index (χ3v) is 9.76. The first-order valence-electron chi connectivity index (χ1n) is 15.9. The number of aromatic nitrogens is 2. The van der Waals surface area contributed by atoms with Crippen molar-refractivity contribution in [2.24, 2.45) is 0 Å². The summed E-state index contributed by atoms with van der Waals surface area (Å²) in [6.45, 7) is 3.24. The molecular weight excluding hydrogens is 656 g/mol. The van der Waals surface area contributed by atoms with Gasteiger partial charge in [-0.2, -0.15) is 0 Å². The highest BCUT2D eigenvalue weighted by atomic mass is 35.5. The van der Waals surface area contributed by atoms with E-state index in [1.165, 1.54) is 13.2 Å². The highest BCUT2D eigenvalue weighted by Gasteiger charge is 2.38. The molecule has 1 saturated heterocycles. The second-order valence-electron chi connectivity index (χ2n) is 12.6. The Morgan fingerprint density at radius 3 is 2.52 bits per heavy atom. The molecule has 1 amide bonds. The smallest absolute Gasteiger partial charge is 0.220 e. The fraction of sp³-hybridized carbons (Fsp3) is 0.361. The van der Waals surface area contributed by atoms with Crippen molar-refractivity contribution in [3.05, 3.63) is 81.7 Å². The first-order chi connectivity index (χ1) is 23.1. The third kappa shape index (κ3) is 7.28. The van der Waals surface area contributed by atoms with E-state index in [0.29, 0.717) is 93.2 Å². The Bertz CT molecular complexity index is 1830. The number of pyridine rings is 2. The molecule has 2 aliphatic rings. The van der Waals surface area contributed by atoms with Crippen LogP contribution in [0.1, 0.15) is 43.7 Å². The lowest BCUT2D eigenvalue weighted by Crippen LogP contribution is -2.51. The molecule has 3 heterocycles. The largest absolute Gasteiger partial charge is 0.496 e. The SMILES string of the molecule is COc1cc(-c2nccc(-c3cccc(-c4ccc(CNC[C@@H]5CCC(=O)N5)c(OC)n4)c3Cl)c2Cl)cc(F)c1CNC1CC(C)(O)C1. The number of hydrogen-bond acceptors (Lipinski definition) is 8. The van der Waals surface area contributed by atoms with Crippen molar-refractivity contribution in [3.8, 4) is 45.3 Å². The third-order valence-electron chi connectivity index (χ3n) is 8.97. The number of methoxy groups -OCH3 is 2. The lowest BCUT2D eigenvalue weighted by molar-refractivity contribution is -0.119. The van der Waals surface area contributed by atoms with Crippen LogP contribution < -0.4 is 25.4 Å². The number of carbonyl (C=O) groups excluding carboxylic acids is 1. The highest BCUT2D eigenvalue weighted by molar-refractivity contribution is 6.39. The van der Waals surface area contributed by atoms with E-state index in [2.05, 4.69) is 20.9 Å². The Morgan fingerprint density at radius 1 is 1.04 bits per heavy atom. The molecule has 6 rings (SSSR count). The summed E-state index contributed by atoms with van der Waals surface area (Å²) in [7, 11) is 3.07. The molecule has 1 aliphatic carbocycles. The van der Waals surface area contributed by atoms with Gasteiger partial charge in [0.1, 0.15) is 11.6 Å². The number of halogens is 3. The first kappa shape index (κ1) is 34.1. The Kier molecular flexibility index (Phi) is 10.2. The van der Waals surface area contributed by atoms with Crippen molar-refractivity contribution in [3.63, 3.8) is 0 Å². The van der Waals surface area contributed by atoms with Crippen LogP contribution in [-0.4, -0.2) is 59.4 Å². The number of rotatable bonds is 12. The second-order valence-corrected chi connectivity index (χ2v) is 13.4. The van der Waals surface area contributed by atoms with E-state index in [-0.39, 0.29) is 24.5 Å². The van der Waals surface area contributed by atoms with E-state index in [1.54, 1.807) is 32.4 Å². The summed E-state index contributed by atoms with van der Waals surface area (Å²) < 4.78 is 26.7. The molecule has 0 bridgehead atoms. The lowest BCUT2D eigenvalue weighted by Gasteiger charge is -2.41. The Morgan fingerprint density at radius 2 is 1.81 bits per heavy atom. The minimum atomic E-state index is -0.678. The zero-order valence-electron chi connectivity index (χ0n) is 27.0. The van der Waals surface area contributed by atoms with Crippen LogP contribution >= 0.6 is 23.2 Å². The van der Waals surface area contributed by atoms with Crippen LogP contribution in [0.3, 0.4) is 0 Å². The van der Waals surface area contributed by atoms with Crippen molar-refractivity contribution < 1.29 is 23.8 Å². The maximum Gasteiger partial charge on any atom is 0.220 e. The van der Waals surface area contributed by atoms with Crippen LogP contribution in [0.5, 0.6) is 11.6 Å². The van der Waals surface area contributed by atoms with Crippen molar-refractivity contribution >= 4 is 29.1 Å². The van der Waals surface area contributed by atoms with E-state index >= 15 is 4.39 Å². The number of nitrogens with zero attached hydrogens (tertiary/aromatic N) is 2. The molecule has 2 aromatic heterocycles. The van der Waals surface area contributed by atoms with Gasteiger partial charge in [-0.05, 0) is 50.5 Å². The molecule has 0 spiro atoms. The van der Waals surface area contributed by atoms with Crippen LogP contribution in [0.25, 0.3) is 33.6 Å². The van der Waals surface area contributed by atoms with E-state index < -0.39 is 11.4 Å². The quantitative estimate of drug-likeness (QED) is 0.136. The Hall–Kier alpha value is -3.80. The van der Waals surface area contributed by atoms with Crippen LogP contribution in [-0.2, 0) is 17.9 Å². The topological polar surface area (TPSA) is 118 Å². The van der Waals surface area contributed by atoms with Crippen LogP contribution in [0, 0.1) is 5.82 Å². The fourth-order valence-corrected chi connectivity index (χ4v) is 7.07. The normalized spacial score (nSPS) is 20.4. The lowest BCUT2D eigenvalue weighted by atomic mass is 9.77. The number of aliphatic hydroxyl groups is 1. The molecule has 4 aromatic rings. The molecule has 1 saturated carbocycles. The molecule has 0 radical (unpaired) electrons. The van der Waals surface area contributed by atoms with Crippen LogP contribution in [0.2, 0.25) is 10.0 Å². The van der Waals surface area contributed by atoms with Gasteiger partial charge in [0.15, 0.2) is 0 Å². The van der Waals surface area contributed by atoms with Gasteiger partial charge < -0.3 is 30.5 Å². The van der Waals surface area contributed by atoms with Gasteiger partial charge in [0, 0.05) is 77.7 Å². The number of hydrogen-bond donors (Lipinski definition) is 4. The van der Waals surface area contributed by atoms with E-state index in [1.807, 2.05) is 30.3 Å². The number of amides is 1. The summed E-state index contributed by atoms with van der Waals surface area (Å²) in [5.41, 5.74) is 4.04. The summed E-state index contributed by atoms with van der Waals surface area (Å²) in [6, 6.07) is 14.6. The van der Waals surface area contributed by atoms with Crippen LogP contribution in [0.4, 0.5) is 4.39 Å². The highest BCUT2D eigenvalue weighted by Crippen LogP contribution is 2.42. The summed E-state index contributed by atoms with van der Waals surface area (Å²) in [4.78, 5) is 20.7. The van der Waals surface area contributed by atoms with Crippen molar-refractivity contribution in [1.82, 2.24) is 25.9 Å². The number of benzene rings is 2. The summed E-state index contributed by atoms with van der Waals surface area (Å²) in [6.07, 6.45) is 4.21. The van der Waals surface area contributed by atoms with E-state index in [9.17, 15) is 9.90 Å². The van der Waals surface area contributed by atoms with Gasteiger partial charge in [0.25, 0.3) is 0 Å². The second kappa shape index (κ2) is 14.4. The molecule has 48 heavy (non-hydrogen) atoms. The average Bonchev–Trinajstić information content (AvgIpc) is 3.48. The van der Waals surface area contributed by atoms with Crippen molar-refractivity contribution in [2.75, 3.05) is 20.8 Å². The molecule has 2 fully saturated rings. The molecule has 252 valence electrons. The van der Waals surface area contributed by atoms with Crippen molar-refractivity contribution in [1.29, 1.82) is 0 Å². The molecule has 1 atom stereocenters. The molecule has 4 N–H and O–H groups in total. The van der Waals surface area contributed by atoms with Gasteiger partial charge in [-0.15, -0.1) is 0 Å². The molecular formula is C36H38Cl2FN5O4. The summed E-state index contributed by atoms with van der Waals surface area (Å²) >= 11 is 14.0. The molecule has 0 unspecified atom stereocenters. The Balaban J connectivity index is 1.24. The maximum atomic E-state index is 15.5. The maximum absolute atomic E-state index is 15.5. The zero-order chi connectivity index (χ0) is 34.0. The average molecular weight is 695 g/mol. The van der Waals surface area contributed by atoms with Gasteiger partial charge >= 0.3 is 0 Å². The standard InChI is InChI=1S/C36H38Cl2FN5O4/c1-36(46)15-23(16-36)42-19-27-28(39)13-21(14-30(27)47-2)34-33(38)25(11-12-41-34)24-5-4-6-26(32(24)37)29-9-7-20(35(44-29)48-3)17-40-18-22-8-10-31(45)43-22/h4-7,9,11-14,22-23,40,42,46H,8,10,15-19H2,1-3H3,(H,43,45)/t22-,23?,36?/m0/s1. The molecule has 9 nitrogen and oxygen atoms in total. The Labute approximate surface area is 289 Å². The summed E-state index contributed by atoms with van der Waals surface area (Å²) in [5.74, 6) is 0.475. The minimum absolute atomic E-state index is 0.0852. The van der Waals surface area contributed by atoms with E-state index in [4.69, 9.17) is 37.7 Å². The zero-order valence-corrected chi connectivity index (χ0v) is 28.5. The molecule has 12 heteroatoms. The first-order valence-corrected chi connectivity index (χ1v) is 16.6. The minimum Gasteiger partial charge on any atom is -0.496 e. The van der Waals surface area contributed by atoms with Gasteiger partial charge in [-0.1, -0.05) is 47.5 Å². The predicted octanol–water partition coefficient (Wildman–Crippen LogP) is 6.31. The van der Waals surface area contributed by atoms with E-state index in [0.717, 1.165) is 12.0 Å². The molecule has 2 aromatic carbocycles. The number of nitrogens with one attached hydrogen (secondary N) is 3. The molecule has 1 aliphatic heterocycles. The van der Waals surface area contributed by atoms with Gasteiger partial charge in [0.05, 0.1) is 41.3 Å². The van der Waals surface area contributed by atoms with Gasteiger partial charge in [-0.3, -0.25) is 9.78 Å². The number of ether oxygens (including phenoxy) is 2. The monoisotopic (exact) mass is 693 g/mol. The number of carbonyl (C=O) groups is 1. The summed E-state index contributed by atoms with van der Waals surface area (Å²) in [5, 5.41) is 20.4. The van der Waals surface area contributed by atoms with Crippen molar-refractivity contribution in [2.45, 2.75) is 63.4 Å². The van der Waals surface area contributed by atoms with Crippen LogP contribution in [0.15, 0.2) is 54.7 Å². The van der Waals surface area contributed by atoms with Gasteiger partial charge in [-0.25, -0.2) is 9.37 Å².